The van der Waals surface area contributed by atoms with E-state index in [1.54, 1.807) is 0 Å². The Morgan fingerprint density at radius 1 is 1.03 bits per heavy atom. The SMILES string of the molecule is CC(O)C(NC(=O)C(CCC(N)=O)NC(=O)C(Cc1cnc[nH]1)NC(=O)C(N)CCCN=C(N)N)C(=O)O. The van der Waals surface area contributed by atoms with Crippen molar-refractivity contribution in [1.82, 2.24) is 25.9 Å². The molecule has 0 radical (unpaired) electrons. The lowest BCUT2D eigenvalue weighted by molar-refractivity contribution is -0.145. The number of rotatable bonds is 17. The van der Waals surface area contributed by atoms with Gasteiger partial charge in [0.1, 0.15) is 12.1 Å². The van der Waals surface area contributed by atoms with Crippen molar-refractivity contribution in [2.24, 2.45) is 27.9 Å². The summed E-state index contributed by atoms with van der Waals surface area (Å²) in [5.74, 6) is -4.84. The van der Waals surface area contributed by atoms with Crippen molar-refractivity contribution in [3.8, 4) is 0 Å². The molecule has 0 aliphatic heterocycles. The topological polar surface area (TPSA) is 307 Å². The largest absolute Gasteiger partial charge is 0.480 e. The standard InChI is InChI=1S/C21H36N10O7/c1-10(32)16(20(37)38)31-18(35)13(4-5-15(23)33)29-19(36)14(7-11-8-26-9-28-11)30-17(34)12(22)3-2-6-27-21(24)25/h8-10,12-14,16,32H,2-7,22H2,1H3,(H2,23,33)(H,26,28)(H,29,36)(H,30,34)(H,31,35)(H,37,38)(H4,24,25,27). The number of nitrogens with two attached hydrogens (primary N) is 4. The number of imidazole rings is 1. The van der Waals surface area contributed by atoms with Gasteiger partial charge in [-0.3, -0.25) is 24.2 Å². The number of guanidine groups is 1. The molecule has 17 heteroatoms. The molecule has 5 unspecified atom stereocenters. The van der Waals surface area contributed by atoms with Crippen LogP contribution in [0.25, 0.3) is 0 Å². The molecule has 14 N–H and O–H groups in total. The number of nitrogens with one attached hydrogen (secondary N) is 4. The Bertz CT molecular complexity index is 979. The number of amides is 4. The van der Waals surface area contributed by atoms with E-state index in [-0.39, 0.29) is 38.2 Å². The van der Waals surface area contributed by atoms with Crippen LogP contribution in [0.1, 0.15) is 38.3 Å². The molecule has 17 nitrogen and oxygen atoms in total. The lowest BCUT2D eigenvalue weighted by Crippen LogP contribution is -2.58. The Balaban J connectivity index is 3.02. The predicted octanol–water partition coefficient (Wildman–Crippen LogP) is -4.48. The van der Waals surface area contributed by atoms with Crippen LogP contribution in [0.2, 0.25) is 0 Å². The summed E-state index contributed by atoms with van der Waals surface area (Å²) in [5.41, 5.74) is 22.1. The number of H-pyrrole nitrogens is 1. The Morgan fingerprint density at radius 2 is 1.66 bits per heavy atom. The number of aliphatic hydroxyl groups excluding tert-OH is 1. The van der Waals surface area contributed by atoms with E-state index in [0.29, 0.717) is 12.1 Å². The Hall–Kier alpha value is -4.25. The van der Waals surface area contributed by atoms with Crippen LogP contribution in [-0.4, -0.2) is 92.6 Å². The monoisotopic (exact) mass is 540 g/mol. The number of aliphatic hydroxyl groups is 1. The van der Waals surface area contributed by atoms with E-state index in [1.807, 2.05) is 0 Å². The first-order valence-electron chi connectivity index (χ1n) is 11.7. The van der Waals surface area contributed by atoms with Crippen molar-refractivity contribution in [2.75, 3.05) is 6.54 Å². The number of aliphatic imine (C=N–C) groups is 1. The van der Waals surface area contributed by atoms with Crippen molar-refractivity contribution in [3.63, 3.8) is 0 Å². The average Bonchev–Trinajstić information content (AvgIpc) is 3.34. The van der Waals surface area contributed by atoms with E-state index < -0.39 is 59.9 Å². The molecule has 0 saturated heterocycles. The first-order valence-corrected chi connectivity index (χ1v) is 11.7. The molecule has 1 aromatic rings. The average molecular weight is 541 g/mol. The molecule has 0 bridgehead atoms. The third kappa shape index (κ3) is 11.7. The van der Waals surface area contributed by atoms with Crippen molar-refractivity contribution >= 4 is 35.6 Å². The molecule has 0 aliphatic carbocycles. The zero-order valence-electron chi connectivity index (χ0n) is 20.9. The fourth-order valence-corrected chi connectivity index (χ4v) is 3.22. The highest BCUT2D eigenvalue weighted by Gasteiger charge is 2.32. The van der Waals surface area contributed by atoms with Crippen LogP contribution in [0.4, 0.5) is 0 Å². The summed E-state index contributed by atoms with van der Waals surface area (Å²) in [5, 5.41) is 25.9. The smallest absolute Gasteiger partial charge is 0.328 e. The second kappa shape index (κ2) is 15.8. The molecule has 0 fully saturated rings. The molecule has 1 aromatic heterocycles. The van der Waals surface area contributed by atoms with Gasteiger partial charge in [0.15, 0.2) is 12.0 Å². The van der Waals surface area contributed by atoms with E-state index >= 15 is 0 Å². The molecule has 0 saturated carbocycles. The second-order valence-electron chi connectivity index (χ2n) is 8.53. The van der Waals surface area contributed by atoms with E-state index in [2.05, 4.69) is 30.9 Å². The van der Waals surface area contributed by atoms with Gasteiger partial charge >= 0.3 is 5.97 Å². The third-order valence-corrected chi connectivity index (χ3v) is 5.27. The van der Waals surface area contributed by atoms with Crippen LogP contribution in [0.3, 0.4) is 0 Å². The normalized spacial score (nSPS) is 14.7. The Kier molecular flexibility index (Phi) is 13.2. The number of nitrogens with zero attached hydrogens (tertiary/aromatic N) is 2. The molecule has 38 heavy (non-hydrogen) atoms. The van der Waals surface area contributed by atoms with Gasteiger partial charge in [0.05, 0.1) is 18.5 Å². The van der Waals surface area contributed by atoms with Crippen molar-refractivity contribution < 1.29 is 34.2 Å². The fraction of sp³-hybridized carbons (Fsp3) is 0.571. The fourth-order valence-electron chi connectivity index (χ4n) is 3.22. The lowest BCUT2D eigenvalue weighted by Gasteiger charge is -2.25. The minimum absolute atomic E-state index is 0.0616. The van der Waals surface area contributed by atoms with Gasteiger partial charge in [-0.25, -0.2) is 9.78 Å². The zero-order valence-corrected chi connectivity index (χ0v) is 20.9. The van der Waals surface area contributed by atoms with Crippen LogP contribution < -0.4 is 38.9 Å². The molecule has 0 spiro atoms. The number of carboxylic acids is 1. The summed E-state index contributed by atoms with van der Waals surface area (Å²) < 4.78 is 0. The number of aromatic amines is 1. The number of aromatic nitrogens is 2. The van der Waals surface area contributed by atoms with Crippen LogP contribution in [0.5, 0.6) is 0 Å². The number of carbonyl (C=O) groups is 5. The maximum atomic E-state index is 13.2. The third-order valence-electron chi connectivity index (χ3n) is 5.27. The highest BCUT2D eigenvalue weighted by Crippen LogP contribution is 2.05. The number of primary amides is 1. The van der Waals surface area contributed by atoms with Crippen LogP contribution in [0, 0.1) is 0 Å². The molecule has 4 amide bonds. The van der Waals surface area contributed by atoms with E-state index in [0.717, 1.165) is 6.92 Å². The Labute approximate surface area is 218 Å². The minimum Gasteiger partial charge on any atom is -0.480 e. The molecular formula is C21H36N10O7. The maximum Gasteiger partial charge on any atom is 0.328 e. The zero-order chi connectivity index (χ0) is 28.8. The van der Waals surface area contributed by atoms with E-state index in [1.165, 1.54) is 12.5 Å². The van der Waals surface area contributed by atoms with Crippen LogP contribution >= 0.6 is 0 Å². The molecule has 0 aromatic carbocycles. The van der Waals surface area contributed by atoms with Crippen LogP contribution in [0.15, 0.2) is 17.5 Å². The molecule has 1 rings (SSSR count). The van der Waals surface area contributed by atoms with Gasteiger partial charge in [-0.15, -0.1) is 0 Å². The first kappa shape index (κ1) is 31.8. The van der Waals surface area contributed by atoms with Gasteiger partial charge in [-0.2, -0.15) is 0 Å². The summed E-state index contributed by atoms with van der Waals surface area (Å²) in [6.07, 6.45) is 1.30. The second-order valence-corrected chi connectivity index (χ2v) is 8.53. The highest BCUT2D eigenvalue weighted by molar-refractivity contribution is 5.94. The minimum atomic E-state index is -1.67. The van der Waals surface area contributed by atoms with Gasteiger partial charge in [0.25, 0.3) is 0 Å². The Morgan fingerprint density at radius 3 is 2.18 bits per heavy atom. The summed E-state index contributed by atoms with van der Waals surface area (Å²) in [6, 6.07) is -5.32. The number of carboxylic acid groups (broad SMARTS) is 1. The van der Waals surface area contributed by atoms with Crippen molar-refractivity contribution in [1.29, 1.82) is 0 Å². The first-order chi connectivity index (χ1) is 17.8. The summed E-state index contributed by atoms with van der Waals surface area (Å²) in [7, 11) is 0. The summed E-state index contributed by atoms with van der Waals surface area (Å²) in [6.45, 7) is 1.41. The molecule has 1 heterocycles. The van der Waals surface area contributed by atoms with Gasteiger partial charge in [-0.1, -0.05) is 0 Å². The highest BCUT2D eigenvalue weighted by atomic mass is 16.4. The quantitative estimate of drug-likeness (QED) is 0.0510. The van der Waals surface area contributed by atoms with E-state index in [9.17, 15) is 34.2 Å². The maximum absolute atomic E-state index is 13.2. The predicted molar refractivity (Wildman–Crippen MR) is 134 cm³/mol. The molecule has 0 aliphatic rings. The van der Waals surface area contributed by atoms with Gasteiger partial charge in [-0.05, 0) is 26.2 Å². The van der Waals surface area contributed by atoms with Crippen LogP contribution in [-0.2, 0) is 30.4 Å². The number of carbonyl (C=O) groups excluding carboxylic acids is 4. The van der Waals surface area contributed by atoms with Crippen molar-refractivity contribution in [2.45, 2.75) is 69.3 Å². The number of hydrogen-bond acceptors (Lipinski definition) is 9. The van der Waals surface area contributed by atoms with Crippen molar-refractivity contribution in [3.05, 3.63) is 18.2 Å². The number of hydrogen-bond donors (Lipinski definition) is 10. The van der Waals surface area contributed by atoms with Gasteiger partial charge in [0, 0.05) is 31.3 Å². The van der Waals surface area contributed by atoms with Gasteiger partial charge in [0.2, 0.25) is 23.6 Å². The van der Waals surface area contributed by atoms with Gasteiger partial charge < -0.3 is 54.1 Å². The number of aliphatic carboxylic acids is 1. The summed E-state index contributed by atoms with van der Waals surface area (Å²) >= 11 is 0. The lowest BCUT2D eigenvalue weighted by atomic mass is 10.1. The molecular weight excluding hydrogens is 504 g/mol. The summed E-state index contributed by atoms with van der Waals surface area (Å²) in [4.78, 5) is 71.8. The molecule has 212 valence electrons. The van der Waals surface area contributed by atoms with E-state index in [4.69, 9.17) is 22.9 Å². The molecule has 5 atom stereocenters.